The van der Waals surface area contributed by atoms with Crippen LogP contribution in [0.25, 0.3) is 10.6 Å². The van der Waals surface area contributed by atoms with Crippen molar-refractivity contribution in [2.45, 2.75) is 29.0 Å². The van der Waals surface area contributed by atoms with Crippen LogP contribution in [0.1, 0.15) is 18.9 Å². The van der Waals surface area contributed by atoms with E-state index in [9.17, 15) is 8.42 Å². The largest absolute Gasteiger partial charge is 0.503 e. The van der Waals surface area contributed by atoms with E-state index in [0.29, 0.717) is 9.90 Å². The fourth-order valence-electron chi connectivity index (χ4n) is 2.98. The monoisotopic (exact) mass is 436 g/mol. The normalized spacial score (nSPS) is 20.6. The van der Waals surface area contributed by atoms with E-state index in [1.165, 1.54) is 11.3 Å². The summed E-state index contributed by atoms with van der Waals surface area (Å²) in [5.74, 6) is 0. The third-order valence-electron chi connectivity index (χ3n) is 4.67. The minimum Gasteiger partial charge on any atom is -0.450 e. The highest BCUT2D eigenvalue weighted by Gasteiger charge is 2.53. The lowest BCUT2D eigenvalue weighted by Gasteiger charge is -2.12. The molecule has 0 bridgehead atoms. The number of thiophene rings is 1. The first-order chi connectivity index (χ1) is 13.6. The van der Waals surface area contributed by atoms with Gasteiger partial charge in [0, 0.05) is 18.5 Å². The van der Waals surface area contributed by atoms with Crippen LogP contribution in [-0.2, 0) is 22.5 Å². The molecule has 0 aliphatic heterocycles. The molecule has 29 heavy (non-hydrogen) atoms. The van der Waals surface area contributed by atoms with Crippen LogP contribution in [0.3, 0.4) is 0 Å². The third-order valence-corrected chi connectivity index (χ3v) is 7.74. The predicted octanol–water partition coefficient (Wildman–Crippen LogP) is 2.77. The molecule has 0 radical (unpaired) electrons. The smallest absolute Gasteiger partial charge is 0.450 e. The van der Waals surface area contributed by atoms with Crippen molar-refractivity contribution in [3.8, 4) is 10.6 Å². The first-order valence-corrected chi connectivity index (χ1v) is 10.9. The van der Waals surface area contributed by atoms with E-state index in [1.54, 1.807) is 30.1 Å². The van der Waals surface area contributed by atoms with Crippen molar-refractivity contribution >= 4 is 27.5 Å². The van der Waals surface area contributed by atoms with Crippen molar-refractivity contribution in [2.75, 3.05) is 0 Å². The standard InChI is InChI=1S/C17H18N4O2S2.CH2O3/c1-17(12-6-4-3-5-7-12)10-15(17)19-25(22,23)16-9-8-14(24-16)13-11-21(2)20-18-13;2-1(3)4/h3-9,11,15,19H,10H2,1-2H3;(H2,2,3,4)/t15-,17+;/m0./s1. The van der Waals surface area contributed by atoms with Gasteiger partial charge in [0.05, 0.1) is 11.1 Å². The summed E-state index contributed by atoms with van der Waals surface area (Å²) < 4.78 is 30.2. The van der Waals surface area contributed by atoms with E-state index in [2.05, 4.69) is 22.0 Å². The Hall–Kier alpha value is -2.76. The fraction of sp³-hybridized carbons (Fsp3) is 0.278. The molecule has 3 aromatic rings. The molecule has 11 heteroatoms. The van der Waals surface area contributed by atoms with Crippen LogP contribution >= 0.6 is 11.3 Å². The summed E-state index contributed by atoms with van der Waals surface area (Å²) >= 11 is 1.21. The van der Waals surface area contributed by atoms with Crippen molar-refractivity contribution in [3.05, 3.63) is 54.2 Å². The van der Waals surface area contributed by atoms with E-state index in [0.717, 1.165) is 16.9 Å². The number of aryl methyl sites for hydroxylation is 1. The summed E-state index contributed by atoms with van der Waals surface area (Å²) in [6, 6.07) is 13.3. The second kappa shape index (κ2) is 7.93. The Morgan fingerprint density at radius 2 is 1.90 bits per heavy atom. The first-order valence-electron chi connectivity index (χ1n) is 8.58. The maximum absolute atomic E-state index is 12.7. The van der Waals surface area contributed by atoms with Gasteiger partial charge in [-0.05, 0) is 24.1 Å². The van der Waals surface area contributed by atoms with Crippen molar-refractivity contribution < 1.29 is 23.4 Å². The zero-order chi connectivity index (χ0) is 21.2. The van der Waals surface area contributed by atoms with Gasteiger partial charge in [-0.3, -0.25) is 4.68 Å². The summed E-state index contributed by atoms with van der Waals surface area (Å²) in [4.78, 5) is 9.34. The average molecular weight is 437 g/mol. The molecule has 3 N–H and O–H groups in total. The molecule has 1 fully saturated rings. The highest BCUT2D eigenvalue weighted by molar-refractivity contribution is 7.91. The second-order valence-electron chi connectivity index (χ2n) is 6.84. The van der Waals surface area contributed by atoms with Gasteiger partial charge in [0.2, 0.25) is 10.0 Å². The Labute approximate surface area is 171 Å². The number of carboxylic acid groups (broad SMARTS) is 2. The predicted molar refractivity (Wildman–Crippen MR) is 107 cm³/mol. The molecule has 0 unspecified atom stereocenters. The van der Waals surface area contributed by atoms with E-state index in [-0.39, 0.29) is 11.5 Å². The molecule has 0 saturated heterocycles. The molecule has 4 rings (SSSR count). The van der Waals surface area contributed by atoms with Crippen molar-refractivity contribution in [1.29, 1.82) is 0 Å². The van der Waals surface area contributed by atoms with Gasteiger partial charge < -0.3 is 10.2 Å². The number of hydrogen-bond donors (Lipinski definition) is 3. The quantitative estimate of drug-likeness (QED) is 0.560. The number of nitrogens with zero attached hydrogens (tertiary/aromatic N) is 3. The number of rotatable bonds is 5. The van der Waals surface area contributed by atoms with Crippen LogP contribution in [0.2, 0.25) is 0 Å². The molecule has 2 heterocycles. The molecule has 2 aromatic heterocycles. The Balaban J connectivity index is 0.000000552. The maximum atomic E-state index is 12.7. The van der Waals surface area contributed by atoms with Gasteiger partial charge in [-0.15, -0.1) is 16.4 Å². The molecule has 154 valence electrons. The molecule has 0 amide bonds. The number of benzene rings is 1. The van der Waals surface area contributed by atoms with Crippen molar-refractivity contribution in [1.82, 2.24) is 19.7 Å². The van der Waals surface area contributed by atoms with Crippen LogP contribution < -0.4 is 4.72 Å². The zero-order valence-corrected chi connectivity index (χ0v) is 17.3. The number of sulfonamides is 1. The van der Waals surface area contributed by atoms with Gasteiger partial charge in [-0.2, -0.15) is 0 Å². The molecule has 1 saturated carbocycles. The summed E-state index contributed by atoms with van der Waals surface area (Å²) in [7, 11) is -1.76. The Kier molecular flexibility index (Phi) is 5.73. The summed E-state index contributed by atoms with van der Waals surface area (Å²) in [5, 5.41) is 21.9. The Morgan fingerprint density at radius 3 is 2.48 bits per heavy atom. The third kappa shape index (κ3) is 4.81. The van der Waals surface area contributed by atoms with Gasteiger partial charge in [-0.25, -0.2) is 17.9 Å². The van der Waals surface area contributed by atoms with E-state index < -0.39 is 16.2 Å². The van der Waals surface area contributed by atoms with Crippen LogP contribution in [0.15, 0.2) is 52.9 Å². The van der Waals surface area contributed by atoms with Gasteiger partial charge in [0.25, 0.3) is 0 Å². The first kappa shape index (κ1) is 21.0. The minimum atomic E-state index is -3.54. The lowest BCUT2D eigenvalue weighted by atomic mass is 9.98. The van der Waals surface area contributed by atoms with Crippen LogP contribution in [-0.4, -0.2) is 45.8 Å². The number of nitrogens with one attached hydrogen (secondary N) is 1. The summed E-state index contributed by atoms with van der Waals surface area (Å²) in [5.41, 5.74) is 1.70. The number of hydrogen-bond acceptors (Lipinski definition) is 6. The SMILES string of the molecule is Cn1cc(-c2ccc(S(=O)(=O)N[C@H]3C[C@]3(C)c3ccccc3)s2)nn1.O=C(O)O. The minimum absolute atomic E-state index is 0.0815. The summed E-state index contributed by atoms with van der Waals surface area (Å²) in [6.45, 7) is 2.09. The van der Waals surface area contributed by atoms with Gasteiger partial charge in [-0.1, -0.05) is 42.5 Å². The fourth-order valence-corrected chi connectivity index (χ4v) is 5.60. The second-order valence-corrected chi connectivity index (χ2v) is 9.86. The van der Waals surface area contributed by atoms with Crippen LogP contribution in [0.5, 0.6) is 0 Å². The lowest BCUT2D eigenvalue weighted by molar-refractivity contribution is 0.137. The molecule has 0 spiro atoms. The van der Waals surface area contributed by atoms with E-state index in [4.69, 9.17) is 15.0 Å². The molecule has 9 nitrogen and oxygen atoms in total. The van der Waals surface area contributed by atoms with Gasteiger partial charge >= 0.3 is 6.16 Å². The lowest BCUT2D eigenvalue weighted by Crippen LogP contribution is -2.29. The molecule has 1 aliphatic rings. The summed E-state index contributed by atoms with van der Waals surface area (Å²) in [6.07, 6.45) is 0.738. The molecule has 1 aromatic carbocycles. The van der Waals surface area contributed by atoms with E-state index >= 15 is 0 Å². The van der Waals surface area contributed by atoms with Crippen LogP contribution in [0.4, 0.5) is 4.79 Å². The molecule has 1 aliphatic carbocycles. The van der Waals surface area contributed by atoms with Crippen molar-refractivity contribution in [2.24, 2.45) is 7.05 Å². The molecular weight excluding hydrogens is 416 g/mol. The zero-order valence-electron chi connectivity index (χ0n) is 15.7. The Bertz CT molecular complexity index is 1110. The highest BCUT2D eigenvalue weighted by Crippen LogP contribution is 2.48. The van der Waals surface area contributed by atoms with Gasteiger partial charge in [0.1, 0.15) is 9.90 Å². The Morgan fingerprint density at radius 1 is 1.24 bits per heavy atom. The highest BCUT2D eigenvalue weighted by atomic mass is 32.2. The number of aromatic nitrogens is 3. The topological polar surface area (TPSA) is 134 Å². The van der Waals surface area contributed by atoms with Gasteiger partial charge in [0.15, 0.2) is 0 Å². The van der Waals surface area contributed by atoms with Crippen molar-refractivity contribution in [3.63, 3.8) is 0 Å². The average Bonchev–Trinajstić information content (AvgIpc) is 3.05. The maximum Gasteiger partial charge on any atom is 0.503 e. The molecule has 2 atom stereocenters. The number of carbonyl (C=O) groups is 1. The van der Waals surface area contributed by atoms with E-state index in [1.807, 2.05) is 30.3 Å². The van der Waals surface area contributed by atoms with Crippen LogP contribution in [0, 0.1) is 0 Å². The molecular formula is C18H20N4O5S2.